The first-order chi connectivity index (χ1) is 13.3. The molecule has 0 aliphatic carbocycles. The van der Waals surface area contributed by atoms with Crippen LogP contribution in [0.1, 0.15) is 30.4 Å². The average Bonchev–Trinajstić information content (AvgIpc) is 2.71. The molecule has 0 spiro atoms. The summed E-state index contributed by atoms with van der Waals surface area (Å²) in [6.45, 7) is 3.98. The van der Waals surface area contributed by atoms with E-state index in [9.17, 15) is 4.79 Å². The van der Waals surface area contributed by atoms with Crippen LogP contribution in [0.3, 0.4) is 0 Å². The monoisotopic (exact) mass is 358 g/mol. The fourth-order valence-electron chi connectivity index (χ4n) is 3.88. The molecule has 4 rings (SSSR count). The molecule has 4 aromatic rings. The first-order valence-corrected chi connectivity index (χ1v) is 9.57. The van der Waals surface area contributed by atoms with E-state index in [2.05, 4.69) is 54.7 Å². The van der Waals surface area contributed by atoms with Gasteiger partial charge in [0.25, 0.3) is 0 Å². The molecule has 0 fully saturated rings. The molecule has 0 radical (unpaired) electrons. The molecular weight excluding hydrogens is 334 g/mol. The van der Waals surface area contributed by atoms with Gasteiger partial charge in [0, 0.05) is 22.9 Å². The summed E-state index contributed by atoms with van der Waals surface area (Å²) in [7, 11) is 0. The first-order valence-electron chi connectivity index (χ1n) is 9.57. The second kappa shape index (κ2) is 7.77. The van der Waals surface area contributed by atoms with Gasteiger partial charge in [-0.3, -0.25) is 0 Å². The lowest BCUT2D eigenvalue weighted by molar-refractivity contribution is -0.672. The van der Waals surface area contributed by atoms with Crippen LogP contribution in [-0.4, -0.2) is 6.54 Å². The van der Waals surface area contributed by atoms with Crippen LogP contribution in [0.5, 0.6) is 0 Å². The maximum absolute atomic E-state index is 12.0. The Morgan fingerprint density at radius 3 is 2.56 bits per heavy atom. The number of fused-ring (bicyclic) bond motifs is 3. The molecule has 1 heterocycles. The summed E-state index contributed by atoms with van der Waals surface area (Å²) in [5.41, 5.74) is 2.80. The van der Waals surface area contributed by atoms with E-state index in [0.29, 0.717) is 11.5 Å². The van der Waals surface area contributed by atoms with Crippen LogP contribution in [-0.2, 0) is 6.54 Å². The van der Waals surface area contributed by atoms with Gasteiger partial charge in [-0.2, -0.15) is 0 Å². The Bertz CT molecular complexity index is 1120. The number of benzene rings is 3. The zero-order valence-corrected chi connectivity index (χ0v) is 15.5. The average molecular weight is 358 g/mol. The van der Waals surface area contributed by atoms with Crippen molar-refractivity contribution >= 4 is 21.7 Å². The first kappa shape index (κ1) is 17.5. The van der Waals surface area contributed by atoms with Crippen molar-refractivity contribution in [3.63, 3.8) is 0 Å². The Labute approximate surface area is 158 Å². The third-order valence-electron chi connectivity index (χ3n) is 5.29. The quantitative estimate of drug-likeness (QED) is 0.415. The second-order valence-electron chi connectivity index (χ2n) is 6.99. The standard InChI is InChI=1S/C24H23NO2/c1-2-17(18-8-4-3-5-9-18)15-25-16-20-14-23(26)27-22-13-12-19-10-6-7-11-21(19)24(20)22/h3-14,17,25H,2,15-16H2,1H3/p+1/t17-/m1/s1. The zero-order chi connectivity index (χ0) is 18.6. The van der Waals surface area contributed by atoms with Crippen LogP contribution < -0.4 is 10.9 Å². The predicted octanol–water partition coefficient (Wildman–Crippen LogP) is 4.20. The minimum absolute atomic E-state index is 0.281. The molecule has 136 valence electrons. The summed E-state index contributed by atoms with van der Waals surface area (Å²) in [6, 6.07) is 24.5. The van der Waals surface area contributed by atoms with Crippen LogP contribution in [0, 0.1) is 0 Å². The van der Waals surface area contributed by atoms with Crippen LogP contribution in [0.2, 0.25) is 0 Å². The van der Waals surface area contributed by atoms with Crippen molar-refractivity contribution in [2.45, 2.75) is 25.8 Å². The summed E-state index contributed by atoms with van der Waals surface area (Å²) < 4.78 is 5.46. The molecule has 3 aromatic carbocycles. The van der Waals surface area contributed by atoms with Gasteiger partial charge in [-0.05, 0) is 28.8 Å². The molecule has 0 aliphatic rings. The molecule has 0 saturated heterocycles. The third-order valence-corrected chi connectivity index (χ3v) is 5.29. The molecule has 0 saturated carbocycles. The van der Waals surface area contributed by atoms with Gasteiger partial charge in [-0.25, -0.2) is 4.79 Å². The molecule has 0 amide bonds. The number of hydrogen-bond acceptors (Lipinski definition) is 2. The second-order valence-corrected chi connectivity index (χ2v) is 6.99. The van der Waals surface area contributed by atoms with Crippen molar-refractivity contribution in [2.24, 2.45) is 0 Å². The van der Waals surface area contributed by atoms with Crippen molar-refractivity contribution in [1.82, 2.24) is 0 Å². The van der Waals surface area contributed by atoms with Gasteiger partial charge in [0.1, 0.15) is 12.1 Å². The Balaban J connectivity index is 1.63. The fraction of sp³-hybridized carbons (Fsp3) is 0.208. The summed E-state index contributed by atoms with van der Waals surface area (Å²) in [5, 5.41) is 5.65. The van der Waals surface area contributed by atoms with Crippen LogP contribution in [0.15, 0.2) is 82.0 Å². The van der Waals surface area contributed by atoms with Gasteiger partial charge in [0.2, 0.25) is 0 Å². The normalized spacial score (nSPS) is 12.5. The van der Waals surface area contributed by atoms with E-state index in [-0.39, 0.29) is 5.63 Å². The van der Waals surface area contributed by atoms with E-state index in [1.807, 2.05) is 24.3 Å². The van der Waals surface area contributed by atoms with E-state index in [1.54, 1.807) is 6.07 Å². The van der Waals surface area contributed by atoms with E-state index in [0.717, 1.165) is 41.2 Å². The maximum Gasteiger partial charge on any atom is 0.336 e. The number of rotatable bonds is 6. The topological polar surface area (TPSA) is 46.8 Å². The van der Waals surface area contributed by atoms with Crippen LogP contribution >= 0.6 is 0 Å². The lowest BCUT2D eigenvalue weighted by Gasteiger charge is -2.14. The smallest absolute Gasteiger partial charge is 0.336 e. The molecule has 0 aliphatic heterocycles. The minimum Gasteiger partial charge on any atom is -0.423 e. The van der Waals surface area contributed by atoms with Crippen molar-refractivity contribution in [1.29, 1.82) is 0 Å². The Morgan fingerprint density at radius 2 is 1.74 bits per heavy atom. The lowest BCUT2D eigenvalue weighted by atomic mass is 9.96. The van der Waals surface area contributed by atoms with Gasteiger partial charge in [0.15, 0.2) is 0 Å². The van der Waals surface area contributed by atoms with Crippen molar-refractivity contribution < 1.29 is 9.73 Å². The van der Waals surface area contributed by atoms with E-state index < -0.39 is 0 Å². The Morgan fingerprint density at radius 1 is 0.963 bits per heavy atom. The molecule has 3 heteroatoms. The zero-order valence-electron chi connectivity index (χ0n) is 15.5. The highest BCUT2D eigenvalue weighted by molar-refractivity contribution is 6.06. The molecule has 0 unspecified atom stereocenters. The minimum atomic E-state index is -0.281. The summed E-state index contributed by atoms with van der Waals surface area (Å²) >= 11 is 0. The maximum atomic E-state index is 12.0. The summed E-state index contributed by atoms with van der Waals surface area (Å²) in [5.74, 6) is 0.509. The molecule has 1 aromatic heterocycles. The fourth-order valence-corrected chi connectivity index (χ4v) is 3.88. The van der Waals surface area contributed by atoms with Crippen LogP contribution in [0.25, 0.3) is 21.7 Å². The van der Waals surface area contributed by atoms with Crippen LogP contribution in [0.4, 0.5) is 0 Å². The Kier molecular flexibility index (Phi) is 5.03. The Hall–Kier alpha value is -2.91. The van der Waals surface area contributed by atoms with Gasteiger partial charge < -0.3 is 9.73 Å². The van der Waals surface area contributed by atoms with Crippen molar-refractivity contribution in [2.75, 3.05) is 6.54 Å². The van der Waals surface area contributed by atoms with Gasteiger partial charge in [-0.1, -0.05) is 67.6 Å². The highest BCUT2D eigenvalue weighted by atomic mass is 16.4. The summed E-state index contributed by atoms with van der Waals surface area (Å²) in [6.07, 6.45) is 1.10. The molecule has 3 nitrogen and oxygen atoms in total. The van der Waals surface area contributed by atoms with E-state index in [4.69, 9.17) is 4.42 Å². The molecule has 2 N–H and O–H groups in total. The highest BCUT2D eigenvalue weighted by Crippen LogP contribution is 2.27. The predicted molar refractivity (Wildman–Crippen MR) is 110 cm³/mol. The molecule has 27 heavy (non-hydrogen) atoms. The number of hydrogen-bond donors (Lipinski definition) is 1. The third kappa shape index (κ3) is 3.64. The lowest BCUT2D eigenvalue weighted by Crippen LogP contribution is -2.83. The molecule has 0 bridgehead atoms. The SMILES string of the molecule is CC[C@H](C[NH2+]Cc1cc(=O)oc2ccc3ccccc3c12)c1ccccc1. The largest absolute Gasteiger partial charge is 0.423 e. The molecular formula is C24H24NO2+. The van der Waals surface area contributed by atoms with Gasteiger partial charge >= 0.3 is 5.63 Å². The van der Waals surface area contributed by atoms with Gasteiger partial charge in [-0.15, -0.1) is 0 Å². The molecule has 1 atom stereocenters. The highest BCUT2D eigenvalue weighted by Gasteiger charge is 2.14. The number of nitrogens with two attached hydrogens (primary N) is 1. The van der Waals surface area contributed by atoms with E-state index >= 15 is 0 Å². The van der Waals surface area contributed by atoms with Crippen molar-refractivity contribution in [3.05, 3.63) is 94.3 Å². The number of quaternary nitrogens is 1. The van der Waals surface area contributed by atoms with E-state index in [1.165, 1.54) is 5.56 Å². The summed E-state index contributed by atoms with van der Waals surface area (Å²) in [4.78, 5) is 12.0. The van der Waals surface area contributed by atoms with Crippen molar-refractivity contribution in [3.8, 4) is 0 Å². The van der Waals surface area contributed by atoms with Gasteiger partial charge in [0.05, 0.1) is 6.54 Å².